The smallest absolute Gasteiger partial charge is 0.259 e. The summed E-state index contributed by atoms with van der Waals surface area (Å²) in [5, 5.41) is 6.90. The van der Waals surface area contributed by atoms with Crippen LogP contribution in [0.5, 0.6) is 5.75 Å². The van der Waals surface area contributed by atoms with Crippen LogP contribution in [0.2, 0.25) is 0 Å². The minimum absolute atomic E-state index is 0.0320. The number of anilines is 1. The topological polar surface area (TPSA) is 62.7 Å². The Morgan fingerprint density at radius 1 is 1.03 bits per heavy atom. The van der Waals surface area contributed by atoms with Crippen molar-refractivity contribution < 1.29 is 13.9 Å². The van der Waals surface area contributed by atoms with E-state index in [4.69, 9.17) is 4.74 Å². The van der Waals surface area contributed by atoms with Gasteiger partial charge in [-0.1, -0.05) is 30.3 Å². The number of rotatable bonds is 8. The third kappa shape index (κ3) is 6.94. The van der Waals surface area contributed by atoms with Gasteiger partial charge in [0, 0.05) is 5.69 Å². The van der Waals surface area contributed by atoms with Gasteiger partial charge in [0.05, 0.1) is 19.9 Å². The molecule has 2 N–H and O–H groups in total. The van der Waals surface area contributed by atoms with E-state index in [0.717, 1.165) is 24.0 Å². The van der Waals surface area contributed by atoms with Gasteiger partial charge < -0.3 is 10.1 Å². The van der Waals surface area contributed by atoms with Crippen molar-refractivity contribution in [2.45, 2.75) is 6.61 Å². The number of hydrazone groups is 1. The van der Waals surface area contributed by atoms with Crippen LogP contribution in [0.3, 0.4) is 0 Å². The third-order valence-corrected chi connectivity index (χ3v) is 5.55. The van der Waals surface area contributed by atoms with Crippen LogP contribution in [0.4, 0.5) is 10.1 Å². The molecule has 0 aromatic heterocycles. The molecular formula is C22H18FI2N3O2. The maximum absolute atomic E-state index is 12.9. The Labute approximate surface area is 201 Å². The van der Waals surface area contributed by atoms with Crippen molar-refractivity contribution >= 4 is 63.0 Å². The van der Waals surface area contributed by atoms with Crippen molar-refractivity contribution in [3.05, 3.63) is 90.8 Å². The fourth-order valence-corrected chi connectivity index (χ4v) is 4.62. The minimum atomic E-state index is -0.324. The van der Waals surface area contributed by atoms with Crippen LogP contribution in [0, 0.1) is 13.0 Å². The second kappa shape index (κ2) is 11.3. The summed E-state index contributed by atoms with van der Waals surface area (Å²) in [7, 11) is 0. The average Bonchev–Trinajstić information content (AvgIpc) is 2.73. The summed E-state index contributed by atoms with van der Waals surface area (Å²) in [5.41, 5.74) is 5.08. The van der Waals surface area contributed by atoms with Gasteiger partial charge in [0.15, 0.2) is 0 Å². The number of halogens is 3. The lowest BCUT2D eigenvalue weighted by Gasteiger charge is -2.11. The highest BCUT2D eigenvalue weighted by molar-refractivity contribution is 14.1. The Kier molecular flexibility index (Phi) is 8.43. The van der Waals surface area contributed by atoms with E-state index in [0.29, 0.717) is 12.3 Å². The molecule has 0 fully saturated rings. The fourth-order valence-electron chi connectivity index (χ4n) is 2.49. The molecule has 3 aromatic carbocycles. The zero-order chi connectivity index (χ0) is 21.3. The molecule has 0 aliphatic rings. The average molecular weight is 629 g/mol. The zero-order valence-corrected chi connectivity index (χ0v) is 20.1. The van der Waals surface area contributed by atoms with E-state index in [1.54, 1.807) is 18.3 Å². The highest BCUT2D eigenvalue weighted by Gasteiger charge is 2.09. The van der Waals surface area contributed by atoms with Crippen LogP contribution in [0.1, 0.15) is 11.1 Å². The number of ether oxygens (including phenoxy) is 1. The van der Waals surface area contributed by atoms with Crippen LogP contribution < -0.4 is 15.5 Å². The van der Waals surface area contributed by atoms with E-state index in [1.807, 2.05) is 42.5 Å². The third-order valence-electron chi connectivity index (χ3n) is 3.95. The Balaban J connectivity index is 1.52. The summed E-state index contributed by atoms with van der Waals surface area (Å²) in [6, 6.07) is 19.7. The molecule has 0 spiro atoms. The molecule has 3 rings (SSSR count). The first kappa shape index (κ1) is 22.5. The normalized spacial score (nSPS) is 10.8. The van der Waals surface area contributed by atoms with Gasteiger partial charge in [-0.25, -0.2) is 9.82 Å². The van der Waals surface area contributed by atoms with Crippen LogP contribution >= 0.6 is 45.2 Å². The molecule has 0 saturated heterocycles. The maximum Gasteiger partial charge on any atom is 0.259 e. The molecule has 0 unspecified atom stereocenters. The van der Waals surface area contributed by atoms with Crippen molar-refractivity contribution in [2.24, 2.45) is 5.10 Å². The highest BCUT2D eigenvalue weighted by Crippen LogP contribution is 2.29. The predicted octanol–water partition coefficient (Wildman–Crippen LogP) is 5.18. The minimum Gasteiger partial charge on any atom is -0.487 e. The second-order valence-electron chi connectivity index (χ2n) is 6.24. The van der Waals surface area contributed by atoms with Gasteiger partial charge in [0.2, 0.25) is 0 Å². The number of hydrogen-bond acceptors (Lipinski definition) is 4. The lowest BCUT2D eigenvalue weighted by Crippen LogP contribution is -2.25. The van der Waals surface area contributed by atoms with E-state index in [1.165, 1.54) is 12.1 Å². The van der Waals surface area contributed by atoms with Gasteiger partial charge in [-0.3, -0.25) is 4.79 Å². The van der Waals surface area contributed by atoms with Crippen LogP contribution in [-0.2, 0) is 11.4 Å². The summed E-state index contributed by atoms with van der Waals surface area (Å²) in [4.78, 5) is 11.9. The Bertz CT molecular complexity index is 1010. The summed E-state index contributed by atoms with van der Waals surface area (Å²) in [5.74, 6) is 0.197. The molecule has 30 heavy (non-hydrogen) atoms. The number of carbonyl (C=O) groups is 1. The van der Waals surface area contributed by atoms with Crippen molar-refractivity contribution in [2.75, 3.05) is 11.9 Å². The van der Waals surface area contributed by atoms with Crippen molar-refractivity contribution in [3.8, 4) is 5.75 Å². The molecule has 3 aromatic rings. The Morgan fingerprint density at radius 3 is 2.37 bits per heavy atom. The van der Waals surface area contributed by atoms with Crippen molar-refractivity contribution in [1.82, 2.24) is 5.43 Å². The summed E-state index contributed by atoms with van der Waals surface area (Å²) in [6.07, 6.45) is 1.58. The number of amides is 1. The largest absolute Gasteiger partial charge is 0.487 e. The number of hydrogen-bond donors (Lipinski definition) is 2. The quantitative estimate of drug-likeness (QED) is 0.205. The van der Waals surface area contributed by atoms with E-state index >= 15 is 0 Å². The number of nitrogens with zero attached hydrogens (tertiary/aromatic N) is 1. The lowest BCUT2D eigenvalue weighted by atomic mass is 10.2. The van der Waals surface area contributed by atoms with Crippen molar-refractivity contribution in [3.63, 3.8) is 0 Å². The van der Waals surface area contributed by atoms with Crippen LogP contribution in [0.25, 0.3) is 0 Å². The molecule has 0 atom stereocenters. The van der Waals surface area contributed by atoms with Gasteiger partial charge in [-0.15, -0.1) is 0 Å². The molecule has 1 amide bonds. The highest BCUT2D eigenvalue weighted by atomic mass is 127. The first-order valence-corrected chi connectivity index (χ1v) is 11.1. The maximum atomic E-state index is 12.9. The fraction of sp³-hybridized carbons (Fsp3) is 0.0909. The second-order valence-corrected chi connectivity index (χ2v) is 8.57. The lowest BCUT2D eigenvalue weighted by molar-refractivity contribution is -0.119. The molecule has 8 heteroatoms. The SMILES string of the molecule is O=C(CNc1ccc(F)cc1)N/N=C\c1cc(I)c(OCc2ccccc2)c(I)c1. The van der Waals surface area contributed by atoms with Gasteiger partial charge in [-0.2, -0.15) is 5.10 Å². The predicted molar refractivity (Wildman–Crippen MR) is 133 cm³/mol. The van der Waals surface area contributed by atoms with Gasteiger partial charge >= 0.3 is 0 Å². The molecule has 0 saturated carbocycles. The molecular weight excluding hydrogens is 611 g/mol. The first-order valence-electron chi connectivity index (χ1n) is 8.98. The molecule has 0 aliphatic heterocycles. The number of carbonyl (C=O) groups excluding carboxylic acids is 1. The molecule has 154 valence electrons. The Morgan fingerprint density at radius 2 is 1.70 bits per heavy atom. The number of nitrogens with one attached hydrogen (secondary N) is 2. The standard InChI is InChI=1S/C22H18FI2N3O2/c23-17-6-8-18(9-7-17)26-13-21(29)28-27-12-16-10-19(24)22(20(25)11-16)30-14-15-4-2-1-3-5-15/h1-12,26H,13-14H2,(H,28,29)/b27-12-. The van der Waals surface area contributed by atoms with Gasteiger partial charge in [0.1, 0.15) is 18.2 Å². The van der Waals surface area contributed by atoms with Gasteiger partial charge in [0.25, 0.3) is 5.91 Å². The summed E-state index contributed by atoms with van der Waals surface area (Å²) >= 11 is 4.45. The van der Waals surface area contributed by atoms with Crippen molar-refractivity contribution in [1.29, 1.82) is 0 Å². The molecule has 0 radical (unpaired) electrons. The van der Waals surface area contributed by atoms with E-state index in [-0.39, 0.29) is 18.3 Å². The number of benzene rings is 3. The molecule has 5 nitrogen and oxygen atoms in total. The summed E-state index contributed by atoms with van der Waals surface area (Å²) < 4.78 is 20.8. The molecule has 0 bridgehead atoms. The first-order chi connectivity index (χ1) is 14.5. The molecule has 0 aliphatic carbocycles. The van der Waals surface area contributed by atoms with E-state index in [9.17, 15) is 9.18 Å². The zero-order valence-electron chi connectivity index (χ0n) is 15.7. The van der Waals surface area contributed by atoms with E-state index < -0.39 is 0 Å². The van der Waals surface area contributed by atoms with Crippen LogP contribution in [0.15, 0.2) is 71.8 Å². The summed E-state index contributed by atoms with van der Waals surface area (Å²) in [6.45, 7) is 0.529. The Hall–Kier alpha value is -2.21. The monoisotopic (exact) mass is 629 g/mol. The molecule has 0 heterocycles. The van der Waals surface area contributed by atoms with E-state index in [2.05, 4.69) is 61.0 Å². The van der Waals surface area contributed by atoms with Crippen LogP contribution in [-0.4, -0.2) is 18.7 Å². The van der Waals surface area contributed by atoms with Gasteiger partial charge in [-0.05, 0) is 92.7 Å².